The number of para-hydroxylation sites is 3. The topological polar surface area (TPSA) is 19.6 Å². The predicted octanol–water partition coefficient (Wildman–Crippen LogP) is 14.5. The molecule has 1 aromatic heterocycles. The summed E-state index contributed by atoms with van der Waals surface area (Å²) in [5.74, 6) is 0. The van der Waals surface area contributed by atoms with Gasteiger partial charge in [-0.2, -0.15) is 0 Å². The fourth-order valence-electron chi connectivity index (χ4n) is 7.63. The van der Waals surface area contributed by atoms with Crippen molar-refractivity contribution in [3.05, 3.63) is 206 Å². The first-order valence-corrected chi connectivity index (χ1v) is 18.0. The van der Waals surface area contributed by atoms with E-state index in [4.69, 9.17) is 4.42 Å². The van der Waals surface area contributed by atoms with E-state index in [1.165, 1.54) is 27.3 Å². The minimum absolute atomic E-state index is 0.912. The molecule has 250 valence electrons. The largest absolute Gasteiger partial charge is 0.456 e. The first kappa shape index (κ1) is 30.7. The minimum Gasteiger partial charge on any atom is -0.456 e. The molecular weight excluding hydrogens is 645 g/mol. The molecule has 3 nitrogen and oxygen atoms in total. The first-order valence-electron chi connectivity index (χ1n) is 18.0. The van der Waals surface area contributed by atoms with Crippen LogP contribution in [0.3, 0.4) is 0 Å². The molecule has 0 radical (unpaired) electrons. The number of hydrogen-bond acceptors (Lipinski definition) is 3. The zero-order valence-electron chi connectivity index (χ0n) is 28.9. The summed E-state index contributed by atoms with van der Waals surface area (Å²) in [7, 11) is 0. The Morgan fingerprint density at radius 3 is 1.38 bits per heavy atom. The fraction of sp³-hybridized carbons (Fsp3) is 0. The van der Waals surface area contributed by atoms with Crippen LogP contribution in [0.1, 0.15) is 0 Å². The third-order valence-electron chi connectivity index (χ3n) is 10.2. The average Bonchev–Trinajstić information content (AvgIpc) is 3.60. The molecule has 0 saturated heterocycles. The second-order valence-electron chi connectivity index (χ2n) is 13.4. The van der Waals surface area contributed by atoms with E-state index in [9.17, 15) is 0 Å². The lowest BCUT2D eigenvalue weighted by Gasteiger charge is -2.28. The highest BCUT2D eigenvalue weighted by Gasteiger charge is 2.18. The van der Waals surface area contributed by atoms with Crippen LogP contribution in [0.5, 0.6) is 0 Å². The minimum atomic E-state index is 0.912. The molecule has 0 N–H and O–H groups in total. The lowest BCUT2D eigenvalue weighted by molar-refractivity contribution is 0.669. The van der Waals surface area contributed by atoms with E-state index in [2.05, 4.69) is 204 Å². The third kappa shape index (κ3) is 5.56. The first-order chi connectivity index (χ1) is 26.3. The summed E-state index contributed by atoms with van der Waals surface area (Å²) in [5, 5.41) is 7.04. The highest BCUT2D eigenvalue weighted by atomic mass is 16.3. The van der Waals surface area contributed by atoms with Gasteiger partial charge < -0.3 is 14.2 Å². The number of hydrogen-bond donors (Lipinski definition) is 0. The number of anilines is 6. The molecule has 0 aliphatic heterocycles. The molecule has 1 heterocycles. The maximum atomic E-state index is 6.26. The van der Waals surface area contributed by atoms with Crippen LogP contribution in [0.15, 0.2) is 211 Å². The maximum Gasteiger partial charge on any atom is 0.136 e. The molecule has 0 unspecified atom stereocenters. The van der Waals surface area contributed by atoms with Crippen LogP contribution in [0.25, 0.3) is 54.6 Å². The van der Waals surface area contributed by atoms with Crippen LogP contribution in [0.4, 0.5) is 34.1 Å². The summed E-state index contributed by atoms with van der Waals surface area (Å²) >= 11 is 0. The molecule has 53 heavy (non-hydrogen) atoms. The summed E-state index contributed by atoms with van der Waals surface area (Å²) in [6.07, 6.45) is 0. The number of nitrogens with zero attached hydrogens (tertiary/aromatic N) is 2. The second-order valence-corrected chi connectivity index (χ2v) is 13.4. The number of rotatable bonds is 7. The van der Waals surface area contributed by atoms with E-state index in [0.717, 1.165) is 61.4 Å². The Balaban J connectivity index is 1.13. The molecule has 3 heteroatoms. The molecule has 10 aromatic rings. The van der Waals surface area contributed by atoms with Crippen molar-refractivity contribution in [3.63, 3.8) is 0 Å². The van der Waals surface area contributed by atoms with Crippen molar-refractivity contribution in [3.8, 4) is 11.1 Å². The number of fused-ring (bicyclic) bond motifs is 6. The van der Waals surface area contributed by atoms with Gasteiger partial charge in [-0.1, -0.05) is 115 Å². The van der Waals surface area contributed by atoms with E-state index < -0.39 is 0 Å². The lowest BCUT2D eigenvalue weighted by Crippen LogP contribution is -2.12. The summed E-state index contributed by atoms with van der Waals surface area (Å²) in [5.41, 5.74) is 10.8. The highest BCUT2D eigenvalue weighted by Crippen LogP contribution is 2.42. The zero-order chi connectivity index (χ0) is 35.1. The van der Waals surface area contributed by atoms with Crippen molar-refractivity contribution in [1.29, 1.82) is 0 Å². The van der Waals surface area contributed by atoms with Gasteiger partial charge in [0.25, 0.3) is 0 Å². The number of benzene rings is 9. The second kappa shape index (κ2) is 12.9. The Hall–Kier alpha value is -7.10. The SMILES string of the molecule is c1ccc(-c2ccc(N(c3ccc(N(c4ccccc4)c4ccccc4)cc3)c3ccc4ccc5cc6oc7ccccc7c6cc5c4c3)cc2)cc1. The summed E-state index contributed by atoms with van der Waals surface area (Å²) in [6, 6.07) is 73.4. The van der Waals surface area contributed by atoms with Crippen LogP contribution in [-0.2, 0) is 0 Å². The summed E-state index contributed by atoms with van der Waals surface area (Å²) < 4.78 is 6.26. The van der Waals surface area contributed by atoms with E-state index in [-0.39, 0.29) is 0 Å². The van der Waals surface area contributed by atoms with Crippen LogP contribution in [0.2, 0.25) is 0 Å². The van der Waals surface area contributed by atoms with Crippen LogP contribution in [-0.4, -0.2) is 0 Å². The van der Waals surface area contributed by atoms with Crippen molar-refractivity contribution < 1.29 is 4.42 Å². The van der Waals surface area contributed by atoms with Crippen LogP contribution in [0, 0.1) is 0 Å². The Bertz CT molecular complexity index is 2820. The monoisotopic (exact) mass is 678 g/mol. The Morgan fingerprint density at radius 2 is 0.717 bits per heavy atom. The molecule has 0 spiro atoms. The van der Waals surface area contributed by atoms with Gasteiger partial charge in [0.1, 0.15) is 11.2 Å². The van der Waals surface area contributed by atoms with Gasteiger partial charge in [-0.25, -0.2) is 0 Å². The molecule has 10 rings (SSSR count). The molecule has 0 fully saturated rings. The average molecular weight is 679 g/mol. The smallest absolute Gasteiger partial charge is 0.136 e. The van der Waals surface area contributed by atoms with Crippen molar-refractivity contribution in [2.24, 2.45) is 0 Å². The van der Waals surface area contributed by atoms with Crippen molar-refractivity contribution in [2.75, 3.05) is 9.80 Å². The molecule has 0 saturated carbocycles. The molecule has 0 atom stereocenters. The van der Waals surface area contributed by atoms with Gasteiger partial charge in [0.05, 0.1) is 0 Å². The Kier molecular flexibility index (Phi) is 7.47. The van der Waals surface area contributed by atoms with Gasteiger partial charge in [0, 0.05) is 44.9 Å². The standard InChI is InChI=1S/C50H34N2O/c1-4-12-35(13-5-1)36-22-25-41(26-23-36)52(43-30-28-42(29-31-43)51(39-14-6-2-7-15-39)40-16-8-3-9-17-40)44-27-24-37-20-21-38-32-50-48(34-47(38)46(37)33-44)45-18-10-11-19-49(45)53-50/h1-34H. The summed E-state index contributed by atoms with van der Waals surface area (Å²) in [4.78, 5) is 4.66. The van der Waals surface area contributed by atoms with E-state index in [0.29, 0.717) is 0 Å². The summed E-state index contributed by atoms with van der Waals surface area (Å²) in [6.45, 7) is 0. The van der Waals surface area contributed by atoms with Crippen molar-refractivity contribution in [1.82, 2.24) is 0 Å². The quantitative estimate of drug-likeness (QED) is 0.156. The molecule has 9 aromatic carbocycles. The van der Waals surface area contributed by atoms with Gasteiger partial charge in [-0.3, -0.25) is 0 Å². The van der Waals surface area contributed by atoms with Gasteiger partial charge in [0.15, 0.2) is 0 Å². The van der Waals surface area contributed by atoms with E-state index in [1.807, 2.05) is 12.1 Å². The predicted molar refractivity (Wildman–Crippen MR) is 224 cm³/mol. The lowest BCUT2D eigenvalue weighted by atomic mass is 9.98. The van der Waals surface area contributed by atoms with E-state index >= 15 is 0 Å². The van der Waals surface area contributed by atoms with Crippen molar-refractivity contribution >= 4 is 77.6 Å². The van der Waals surface area contributed by atoms with Gasteiger partial charge in [-0.15, -0.1) is 0 Å². The molecule has 0 bridgehead atoms. The highest BCUT2D eigenvalue weighted by molar-refractivity contribution is 6.17. The normalized spacial score (nSPS) is 11.4. The van der Waals surface area contributed by atoms with Gasteiger partial charge >= 0.3 is 0 Å². The van der Waals surface area contributed by atoms with Crippen LogP contribution >= 0.6 is 0 Å². The molecule has 0 aliphatic carbocycles. The zero-order valence-corrected chi connectivity index (χ0v) is 28.9. The fourth-order valence-corrected chi connectivity index (χ4v) is 7.63. The third-order valence-corrected chi connectivity index (χ3v) is 10.2. The Morgan fingerprint density at radius 1 is 0.264 bits per heavy atom. The molecular formula is C50H34N2O. The maximum absolute atomic E-state index is 6.26. The molecule has 0 amide bonds. The van der Waals surface area contributed by atoms with Crippen LogP contribution < -0.4 is 9.80 Å². The Labute approximate surface area is 308 Å². The van der Waals surface area contributed by atoms with E-state index in [1.54, 1.807) is 0 Å². The number of furan rings is 1. The van der Waals surface area contributed by atoms with Gasteiger partial charge in [0.2, 0.25) is 0 Å². The van der Waals surface area contributed by atoms with Gasteiger partial charge in [-0.05, 0) is 124 Å². The molecule has 0 aliphatic rings. The van der Waals surface area contributed by atoms with Crippen molar-refractivity contribution in [2.45, 2.75) is 0 Å².